The molecule has 0 spiro atoms. The third-order valence-electron chi connectivity index (χ3n) is 2.27. The molecule has 2 rings (SSSR count). The summed E-state index contributed by atoms with van der Waals surface area (Å²) in [6.45, 7) is 1.09. The van der Waals surface area contributed by atoms with Crippen molar-refractivity contribution in [2.24, 2.45) is 0 Å². The normalized spacial score (nSPS) is 14.1. The highest BCUT2D eigenvalue weighted by Gasteiger charge is 2.17. The van der Waals surface area contributed by atoms with Crippen molar-refractivity contribution < 1.29 is 19.3 Å². The number of methoxy groups -OCH3 is 1. The molecule has 4 nitrogen and oxygen atoms in total. The van der Waals surface area contributed by atoms with Crippen molar-refractivity contribution in [1.82, 2.24) is 0 Å². The van der Waals surface area contributed by atoms with Gasteiger partial charge in [0.2, 0.25) is 5.75 Å². The second-order valence-electron chi connectivity index (χ2n) is 3.33. The van der Waals surface area contributed by atoms with Crippen LogP contribution in [0.25, 0.3) is 6.08 Å². The molecule has 1 aliphatic rings. The van der Waals surface area contributed by atoms with E-state index >= 15 is 0 Å². The fourth-order valence-corrected chi connectivity index (χ4v) is 1.58. The van der Waals surface area contributed by atoms with Crippen molar-refractivity contribution >= 4 is 6.08 Å². The second kappa shape index (κ2) is 4.90. The van der Waals surface area contributed by atoms with E-state index in [1.54, 1.807) is 19.3 Å². The minimum atomic E-state index is 0.0107. The van der Waals surface area contributed by atoms with Crippen molar-refractivity contribution in [3.63, 3.8) is 0 Å². The number of hydrogen-bond donors (Lipinski definition) is 1. The molecule has 86 valence electrons. The van der Waals surface area contributed by atoms with Crippen molar-refractivity contribution in [2.75, 3.05) is 26.9 Å². The highest BCUT2D eigenvalue weighted by molar-refractivity contribution is 5.62. The molecule has 1 aliphatic heterocycles. The average molecular weight is 222 g/mol. The second-order valence-corrected chi connectivity index (χ2v) is 3.33. The van der Waals surface area contributed by atoms with Gasteiger partial charge >= 0.3 is 0 Å². The Morgan fingerprint density at radius 1 is 1.38 bits per heavy atom. The van der Waals surface area contributed by atoms with E-state index in [9.17, 15) is 0 Å². The van der Waals surface area contributed by atoms with Crippen LogP contribution < -0.4 is 14.2 Å². The summed E-state index contributed by atoms with van der Waals surface area (Å²) in [5.41, 5.74) is 0.912. The number of ether oxygens (including phenoxy) is 3. The maximum Gasteiger partial charge on any atom is 0.203 e. The van der Waals surface area contributed by atoms with Gasteiger partial charge in [-0.15, -0.1) is 0 Å². The Bertz CT molecular complexity index is 381. The Labute approximate surface area is 94.1 Å². The molecule has 0 fully saturated rings. The van der Waals surface area contributed by atoms with Crippen LogP contribution in [0.15, 0.2) is 18.2 Å². The third kappa shape index (κ3) is 2.12. The number of fused-ring (bicyclic) bond motifs is 1. The largest absolute Gasteiger partial charge is 0.493 e. The Morgan fingerprint density at radius 3 is 2.94 bits per heavy atom. The van der Waals surface area contributed by atoms with Gasteiger partial charge in [-0.05, 0) is 17.7 Å². The van der Waals surface area contributed by atoms with Crippen molar-refractivity contribution in [1.29, 1.82) is 0 Å². The van der Waals surface area contributed by atoms with Crippen LogP contribution in [0.3, 0.4) is 0 Å². The van der Waals surface area contributed by atoms with Crippen molar-refractivity contribution in [3.05, 3.63) is 23.8 Å². The molecule has 0 amide bonds. The summed E-state index contributed by atoms with van der Waals surface area (Å²) in [6, 6.07) is 3.71. The average Bonchev–Trinajstić information content (AvgIpc) is 2.35. The van der Waals surface area contributed by atoms with Crippen molar-refractivity contribution in [2.45, 2.75) is 0 Å². The maximum atomic E-state index is 8.72. The molecule has 0 saturated carbocycles. The molecule has 0 unspecified atom stereocenters. The van der Waals surface area contributed by atoms with Gasteiger partial charge in [0.15, 0.2) is 11.5 Å². The predicted molar refractivity (Wildman–Crippen MR) is 60.1 cm³/mol. The summed E-state index contributed by atoms with van der Waals surface area (Å²) in [5, 5.41) is 8.72. The Balaban J connectivity index is 2.39. The first kappa shape index (κ1) is 10.8. The van der Waals surface area contributed by atoms with E-state index in [4.69, 9.17) is 19.3 Å². The molecule has 4 heteroatoms. The first-order valence-electron chi connectivity index (χ1n) is 5.10. The van der Waals surface area contributed by atoms with Crippen LogP contribution in [-0.2, 0) is 0 Å². The van der Waals surface area contributed by atoms with Crippen LogP contribution >= 0.6 is 0 Å². The maximum absolute atomic E-state index is 8.72. The third-order valence-corrected chi connectivity index (χ3v) is 2.27. The zero-order valence-corrected chi connectivity index (χ0v) is 9.10. The van der Waals surface area contributed by atoms with Gasteiger partial charge < -0.3 is 19.3 Å². The lowest BCUT2D eigenvalue weighted by Gasteiger charge is -2.20. The molecule has 16 heavy (non-hydrogen) atoms. The van der Waals surface area contributed by atoms with E-state index in [0.717, 1.165) is 5.56 Å². The van der Waals surface area contributed by atoms with Gasteiger partial charge in [0.25, 0.3) is 0 Å². The quantitative estimate of drug-likeness (QED) is 0.841. The molecule has 0 saturated heterocycles. The molecular weight excluding hydrogens is 208 g/mol. The SMILES string of the molecule is COc1cc(/C=C/CO)cc2c1OCCO2. The number of aliphatic hydroxyl groups is 1. The number of hydrogen-bond acceptors (Lipinski definition) is 4. The van der Waals surface area contributed by atoms with E-state index in [1.807, 2.05) is 12.1 Å². The summed E-state index contributed by atoms with van der Waals surface area (Å²) >= 11 is 0. The molecule has 1 aromatic carbocycles. The van der Waals surface area contributed by atoms with Gasteiger partial charge in [-0.2, -0.15) is 0 Å². The fraction of sp³-hybridized carbons (Fsp3) is 0.333. The fourth-order valence-electron chi connectivity index (χ4n) is 1.58. The van der Waals surface area contributed by atoms with Crippen molar-refractivity contribution in [3.8, 4) is 17.2 Å². The Hall–Kier alpha value is -1.68. The number of aliphatic hydroxyl groups excluding tert-OH is 1. The zero-order valence-electron chi connectivity index (χ0n) is 9.10. The number of rotatable bonds is 3. The molecule has 1 aromatic rings. The van der Waals surface area contributed by atoms with E-state index in [1.165, 1.54) is 0 Å². The molecule has 0 atom stereocenters. The highest BCUT2D eigenvalue weighted by Crippen LogP contribution is 2.40. The van der Waals surface area contributed by atoms with Gasteiger partial charge in [-0.3, -0.25) is 0 Å². The van der Waals surface area contributed by atoms with Gasteiger partial charge in [-0.25, -0.2) is 0 Å². The molecule has 0 radical (unpaired) electrons. The van der Waals surface area contributed by atoms with Gasteiger partial charge in [-0.1, -0.05) is 12.2 Å². The van der Waals surface area contributed by atoms with Crippen LogP contribution in [0.1, 0.15) is 5.56 Å². The van der Waals surface area contributed by atoms with Crippen LogP contribution in [0.4, 0.5) is 0 Å². The molecule has 1 heterocycles. The molecule has 0 bridgehead atoms. The minimum Gasteiger partial charge on any atom is -0.493 e. The minimum absolute atomic E-state index is 0.0107. The Kier molecular flexibility index (Phi) is 3.31. The summed E-state index contributed by atoms with van der Waals surface area (Å²) < 4.78 is 16.2. The smallest absolute Gasteiger partial charge is 0.203 e. The molecular formula is C12H14O4. The molecule has 0 aromatic heterocycles. The standard InChI is InChI=1S/C12H14O4/c1-14-10-7-9(3-2-4-13)8-11-12(10)16-6-5-15-11/h2-3,7-8,13H,4-6H2,1H3/b3-2+. The number of benzene rings is 1. The summed E-state index contributed by atoms with van der Waals surface area (Å²) in [7, 11) is 1.59. The lowest BCUT2D eigenvalue weighted by atomic mass is 10.1. The van der Waals surface area contributed by atoms with Crippen LogP contribution in [0, 0.1) is 0 Å². The topological polar surface area (TPSA) is 47.9 Å². The first-order chi connectivity index (χ1) is 7.85. The van der Waals surface area contributed by atoms with E-state index < -0.39 is 0 Å². The molecule has 1 N–H and O–H groups in total. The van der Waals surface area contributed by atoms with Crippen LogP contribution in [0.5, 0.6) is 17.2 Å². The lowest BCUT2D eigenvalue weighted by molar-refractivity contribution is 0.165. The lowest BCUT2D eigenvalue weighted by Crippen LogP contribution is -2.16. The first-order valence-corrected chi connectivity index (χ1v) is 5.10. The Morgan fingerprint density at radius 2 is 2.19 bits per heavy atom. The van der Waals surface area contributed by atoms with Crippen LogP contribution in [-0.4, -0.2) is 32.0 Å². The highest BCUT2D eigenvalue weighted by atomic mass is 16.6. The van der Waals surface area contributed by atoms with Crippen LogP contribution in [0.2, 0.25) is 0 Å². The monoisotopic (exact) mass is 222 g/mol. The summed E-state index contributed by atoms with van der Waals surface area (Å²) in [4.78, 5) is 0. The predicted octanol–water partition coefficient (Wildman–Crippen LogP) is 1.47. The summed E-state index contributed by atoms with van der Waals surface area (Å²) in [5.74, 6) is 1.98. The zero-order chi connectivity index (χ0) is 11.4. The summed E-state index contributed by atoms with van der Waals surface area (Å²) in [6.07, 6.45) is 3.46. The van der Waals surface area contributed by atoms with Gasteiger partial charge in [0, 0.05) is 0 Å². The van der Waals surface area contributed by atoms with E-state index in [2.05, 4.69) is 0 Å². The van der Waals surface area contributed by atoms with E-state index in [-0.39, 0.29) is 6.61 Å². The van der Waals surface area contributed by atoms with E-state index in [0.29, 0.717) is 30.5 Å². The van der Waals surface area contributed by atoms with Gasteiger partial charge in [0.05, 0.1) is 13.7 Å². The van der Waals surface area contributed by atoms with Gasteiger partial charge in [0.1, 0.15) is 13.2 Å². The molecule has 0 aliphatic carbocycles.